The lowest BCUT2D eigenvalue weighted by molar-refractivity contribution is -0.143. The molecular formula is C13H16N2O3. The second-order valence-corrected chi connectivity index (χ2v) is 4.18. The number of hydrogen-bond acceptors (Lipinski definition) is 4. The van der Waals surface area contributed by atoms with Gasteiger partial charge in [-0.15, -0.1) is 0 Å². The van der Waals surface area contributed by atoms with Crippen LogP contribution in [0.4, 0.5) is 0 Å². The van der Waals surface area contributed by atoms with Crippen LogP contribution in [0.25, 0.3) is 0 Å². The van der Waals surface area contributed by atoms with Crippen molar-refractivity contribution in [2.45, 2.75) is 19.4 Å². The number of rotatable bonds is 4. The molecule has 0 bridgehead atoms. The predicted octanol–water partition coefficient (Wildman–Crippen LogP) is 0.673. The highest BCUT2D eigenvalue weighted by molar-refractivity contribution is 5.97. The molecule has 5 nitrogen and oxygen atoms in total. The molecule has 0 spiro atoms. The molecule has 0 saturated carbocycles. The average Bonchev–Trinajstić information content (AvgIpc) is 2.83. The molecule has 18 heavy (non-hydrogen) atoms. The topological polar surface area (TPSA) is 72.6 Å². The Labute approximate surface area is 106 Å². The number of carbonyl (C=O) groups is 2. The van der Waals surface area contributed by atoms with E-state index in [2.05, 4.69) is 0 Å². The molecule has 0 aromatic heterocycles. The molecule has 2 rings (SSSR count). The number of amides is 2. The SMILES string of the molecule is NCc1ccc(OCC(=O)N2CCCC2=O)cc1. The van der Waals surface area contributed by atoms with E-state index in [0.717, 1.165) is 12.0 Å². The molecule has 1 fully saturated rings. The van der Waals surface area contributed by atoms with Crippen LogP contribution in [0.3, 0.4) is 0 Å². The minimum absolute atomic E-state index is 0.103. The molecular weight excluding hydrogens is 232 g/mol. The summed E-state index contributed by atoms with van der Waals surface area (Å²) in [6, 6.07) is 7.23. The van der Waals surface area contributed by atoms with Crippen molar-refractivity contribution in [2.24, 2.45) is 5.73 Å². The molecule has 1 aliphatic heterocycles. The standard InChI is InChI=1S/C13H16N2O3/c14-8-10-3-5-11(6-4-10)18-9-13(17)15-7-1-2-12(15)16/h3-6H,1-2,7-9,14H2. The summed E-state index contributed by atoms with van der Waals surface area (Å²) in [4.78, 5) is 24.3. The summed E-state index contributed by atoms with van der Waals surface area (Å²) >= 11 is 0. The van der Waals surface area contributed by atoms with Crippen LogP contribution in [-0.4, -0.2) is 29.9 Å². The van der Waals surface area contributed by atoms with Crippen LogP contribution in [-0.2, 0) is 16.1 Å². The van der Waals surface area contributed by atoms with E-state index in [4.69, 9.17) is 10.5 Å². The van der Waals surface area contributed by atoms with Gasteiger partial charge in [0, 0.05) is 19.5 Å². The second-order valence-electron chi connectivity index (χ2n) is 4.18. The van der Waals surface area contributed by atoms with Crippen LogP contribution in [0, 0.1) is 0 Å². The van der Waals surface area contributed by atoms with Gasteiger partial charge in [-0.1, -0.05) is 12.1 Å². The van der Waals surface area contributed by atoms with Crippen LogP contribution in [0.5, 0.6) is 5.75 Å². The minimum Gasteiger partial charge on any atom is -0.484 e. The first-order valence-electron chi connectivity index (χ1n) is 5.95. The molecule has 96 valence electrons. The Bertz CT molecular complexity index is 442. The van der Waals surface area contributed by atoms with Gasteiger partial charge in [-0.05, 0) is 24.1 Å². The van der Waals surface area contributed by atoms with Crippen LogP contribution in [0.2, 0.25) is 0 Å². The summed E-state index contributed by atoms with van der Waals surface area (Å²) in [5.74, 6) is 0.217. The third kappa shape index (κ3) is 2.87. The summed E-state index contributed by atoms with van der Waals surface area (Å²) < 4.78 is 5.34. The molecule has 1 aliphatic rings. The van der Waals surface area contributed by atoms with Gasteiger partial charge in [-0.3, -0.25) is 14.5 Å². The van der Waals surface area contributed by atoms with Gasteiger partial charge in [0.05, 0.1) is 0 Å². The molecule has 0 aliphatic carbocycles. The molecule has 5 heteroatoms. The number of imide groups is 1. The zero-order valence-electron chi connectivity index (χ0n) is 10.1. The summed E-state index contributed by atoms with van der Waals surface area (Å²) in [6.07, 6.45) is 1.20. The highest BCUT2D eigenvalue weighted by Crippen LogP contribution is 2.13. The van der Waals surface area contributed by atoms with Crippen molar-refractivity contribution in [1.29, 1.82) is 0 Å². The number of ether oxygens (including phenoxy) is 1. The van der Waals surface area contributed by atoms with Crippen molar-refractivity contribution in [3.8, 4) is 5.75 Å². The number of nitrogens with zero attached hydrogens (tertiary/aromatic N) is 1. The van der Waals surface area contributed by atoms with Crippen molar-refractivity contribution in [3.63, 3.8) is 0 Å². The monoisotopic (exact) mass is 248 g/mol. The lowest BCUT2D eigenvalue weighted by atomic mass is 10.2. The molecule has 2 amide bonds. The zero-order valence-corrected chi connectivity index (χ0v) is 10.1. The second kappa shape index (κ2) is 5.64. The van der Waals surface area contributed by atoms with E-state index in [1.54, 1.807) is 12.1 Å². The Kier molecular flexibility index (Phi) is 3.94. The van der Waals surface area contributed by atoms with E-state index >= 15 is 0 Å². The molecule has 1 heterocycles. The van der Waals surface area contributed by atoms with Crippen molar-refractivity contribution in [2.75, 3.05) is 13.2 Å². The van der Waals surface area contributed by atoms with E-state index < -0.39 is 0 Å². The maximum absolute atomic E-state index is 11.7. The van der Waals surface area contributed by atoms with Gasteiger partial charge in [0.2, 0.25) is 5.91 Å². The normalized spacial score (nSPS) is 14.9. The molecule has 1 saturated heterocycles. The Morgan fingerprint density at radius 2 is 2.06 bits per heavy atom. The molecule has 1 aromatic rings. The molecule has 0 atom stereocenters. The van der Waals surface area contributed by atoms with Crippen molar-refractivity contribution >= 4 is 11.8 Å². The smallest absolute Gasteiger partial charge is 0.267 e. The third-order valence-electron chi connectivity index (χ3n) is 2.90. The van der Waals surface area contributed by atoms with Crippen LogP contribution >= 0.6 is 0 Å². The first-order chi connectivity index (χ1) is 8.70. The fourth-order valence-electron chi connectivity index (χ4n) is 1.86. The van der Waals surface area contributed by atoms with Crippen molar-refractivity contribution < 1.29 is 14.3 Å². The van der Waals surface area contributed by atoms with E-state index in [9.17, 15) is 9.59 Å². The van der Waals surface area contributed by atoms with Gasteiger partial charge in [0.25, 0.3) is 5.91 Å². The summed E-state index contributed by atoms with van der Waals surface area (Å²) in [5.41, 5.74) is 6.48. The molecule has 0 unspecified atom stereocenters. The zero-order chi connectivity index (χ0) is 13.0. The van der Waals surface area contributed by atoms with Gasteiger partial charge >= 0.3 is 0 Å². The van der Waals surface area contributed by atoms with Crippen LogP contribution < -0.4 is 10.5 Å². The number of likely N-dealkylation sites (tertiary alicyclic amines) is 1. The summed E-state index contributed by atoms with van der Waals surface area (Å²) in [6.45, 7) is 0.877. The Hall–Kier alpha value is -1.88. The van der Waals surface area contributed by atoms with E-state index in [1.807, 2.05) is 12.1 Å². The quantitative estimate of drug-likeness (QED) is 0.850. The third-order valence-corrected chi connectivity index (χ3v) is 2.90. The number of hydrogen-bond donors (Lipinski definition) is 1. The first kappa shape index (κ1) is 12.6. The van der Waals surface area contributed by atoms with Gasteiger partial charge in [-0.25, -0.2) is 0 Å². The highest BCUT2D eigenvalue weighted by Gasteiger charge is 2.26. The molecule has 2 N–H and O–H groups in total. The fraction of sp³-hybridized carbons (Fsp3) is 0.385. The average molecular weight is 248 g/mol. The van der Waals surface area contributed by atoms with Crippen LogP contribution in [0.1, 0.15) is 18.4 Å². The Morgan fingerprint density at radius 1 is 1.33 bits per heavy atom. The number of nitrogens with two attached hydrogens (primary N) is 1. The maximum atomic E-state index is 11.7. The minimum atomic E-state index is -0.277. The van der Waals surface area contributed by atoms with E-state index in [-0.39, 0.29) is 18.4 Å². The Balaban J connectivity index is 1.86. The summed E-state index contributed by atoms with van der Waals surface area (Å²) in [5, 5.41) is 0. The van der Waals surface area contributed by atoms with Gasteiger partial charge in [-0.2, -0.15) is 0 Å². The van der Waals surface area contributed by atoms with Gasteiger partial charge in [0.1, 0.15) is 5.75 Å². The van der Waals surface area contributed by atoms with Gasteiger partial charge in [0.15, 0.2) is 6.61 Å². The first-order valence-corrected chi connectivity index (χ1v) is 5.95. The lowest BCUT2D eigenvalue weighted by Crippen LogP contribution is -2.35. The predicted molar refractivity (Wildman–Crippen MR) is 65.8 cm³/mol. The number of benzene rings is 1. The Morgan fingerprint density at radius 3 is 2.61 bits per heavy atom. The lowest BCUT2D eigenvalue weighted by Gasteiger charge is -2.14. The summed E-state index contributed by atoms with van der Waals surface area (Å²) in [7, 11) is 0. The highest BCUT2D eigenvalue weighted by atomic mass is 16.5. The fourth-order valence-corrected chi connectivity index (χ4v) is 1.86. The van der Waals surface area contributed by atoms with E-state index in [0.29, 0.717) is 25.3 Å². The van der Waals surface area contributed by atoms with E-state index in [1.165, 1.54) is 4.90 Å². The van der Waals surface area contributed by atoms with Crippen LogP contribution in [0.15, 0.2) is 24.3 Å². The number of carbonyl (C=O) groups excluding carboxylic acids is 2. The molecule has 1 aromatic carbocycles. The van der Waals surface area contributed by atoms with Gasteiger partial charge < -0.3 is 10.5 Å². The van der Waals surface area contributed by atoms with Crippen molar-refractivity contribution in [1.82, 2.24) is 4.90 Å². The van der Waals surface area contributed by atoms with Crippen molar-refractivity contribution in [3.05, 3.63) is 29.8 Å². The largest absolute Gasteiger partial charge is 0.484 e. The molecule has 0 radical (unpaired) electrons. The maximum Gasteiger partial charge on any atom is 0.267 e.